The van der Waals surface area contributed by atoms with Crippen LogP contribution in [0.4, 0.5) is 0 Å². The lowest BCUT2D eigenvalue weighted by Gasteiger charge is -2.21. The summed E-state index contributed by atoms with van der Waals surface area (Å²) < 4.78 is 5.39. The molecule has 1 aromatic carbocycles. The second-order valence-corrected chi connectivity index (χ2v) is 4.24. The molecule has 78 valence electrons. The summed E-state index contributed by atoms with van der Waals surface area (Å²) in [5, 5.41) is 0. The van der Waals surface area contributed by atoms with E-state index in [1.54, 1.807) is 6.26 Å². The second-order valence-electron chi connectivity index (χ2n) is 4.24. The van der Waals surface area contributed by atoms with Gasteiger partial charge in [0.2, 0.25) is 0 Å². The Balaban J connectivity index is 2.11. The largest absolute Gasteiger partial charge is 0.451 e. The van der Waals surface area contributed by atoms with Gasteiger partial charge in [0.05, 0.1) is 11.8 Å². The second kappa shape index (κ2) is 3.89. The molecule has 0 aromatic heterocycles. The van der Waals surface area contributed by atoms with E-state index in [1.807, 2.05) is 24.3 Å². The van der Waals surface area contributed by atoms with Crippen molar-refractivity contribution >= 4 is 5.90 Å². The smallest absolute Gasteiger partial charge is 0.194 e. The predicted molar refractivity (Wildman–Crippen MR) is 61.9 cm³/mol. The predicted octanol–water partition coefficient (Wildman–Crippen LogP) is 2.95. The van der Waals surface area contributed by atoms with E-state index in [1.165, 1.54) is 5.56 Å². The number of hydrogen-bond acceptors (Lipinski definition) is 2. The van der Waals surface area contributed by atoms with Crippen LogP contribution >= 0.6 is 0 Å². The Hall–Kier alpha value is -1.57. The van der Waals surface area contributed by atoms with E-state index in [-0.39, 0.29) is 5.54 Å². The van der Waals surface area contributed by atoms with Gasteiger partial charge >= 0.3 is 0 Å². The van der Waals surface area contributed by atoms with E-state index in [2.05, 4.69) is 31.0 Å². The average Bonchev–Trinajstić information content (AvgIpc) is 2.17. The normalized spacial score (nSPS) is 18.1. The fraction of sp³-hybridized carbons (Fsp3) is 0.308. The van der Waals surface area contributed by atoms with Crippen LogP contribution in [0.1, 0.15) is 19.4 Å². The molecular weight excluding hydrogens is 186 g/mol. The molecular formula is C13H15NO. The SMILES string of the molecule is CC1(C)C=COC(Cc2ccccc2)=N1. The van der Waals surface area contributed by atoms with Crippen LogP contribution in [0.3, 0.4) is 0 Å². The van der Waals surface area contributed by atoms with E-state index in [0.717, 1.165) is 12.3 Å². The summed E-state index contributed by atoms with van der Waals surface area (Å²) in [4.78, 5) is 4.52. The van der Waals surface area contributed by atoms with Crippen molar-refractivity contribution in [2.24, 2.45) is 4.99 Å². The molecule has 0 radical (unpaired) electrons. The van der Waals surface area contributed by atoms with Gasteiger partial charge in [0, 0.05) is 6.42 Å². The molecule has 1 aromatic rings. The van der Waals surface area contributed by atoms with Crippen molar-refractivity contribution in [1.29, 1.82) is 0 Å². The number of hydrogen-bond donors (Lipinski definition) is 0. The molecule has 0 fully saturated rings. The zero-order chi connectivity index (χ0) is 10.7. The Morgan fingerprint density at radius 1 is 1.20 bits per heavy atom. The molecule has 1 aliphatic heterocycles. The molecule has 0 bridgehead atoms. The summed E-state index contributed by atoms with van der Waals surface area (Å²) in [5.74, 6) is 0.786. The first-order chi connectivity index (χ1) is 7.16. The molecule has 0 N–H and O–H groups in total. The minimum absolute atomic E-state index is 0.137. The molecule has 15 heavy (non-hydrogen) atoms. The van der Waals surface area contributed by atoms with Gasteiger partial charge in [-0.05, 0) is 25.5 Å². The Morgan fingerprint density at radius 3 is 2.60 bits per heavy atom. The number of rotatable bonds is 2. The van der Waals surface area contributed by atoms with Crippen molar-refractivity contribution in [3.8, 4) is 0 Å². The third-order valence-electron chi connectivity index (χ3n) is 2.29. The van der Waals surface area contributed by atoms with E-state index >= 15 is 0 Å². The molecule has 0 saturated carbocycles. The molecule has 1 aliphatic rings. The fourth-order valence-corrected chi connectivity index (χ4v) is 1.52. The van der Waals surface area contributed by atoms with Crippen LogP contribution in [0.5, 0.6) is 0 Å². The molecule has 2 heteroatoms. The number of nitrogens with zero attached hydrogens (tertiary/aromatic N) is 1. The van der Waals surface area contributed by atoms with E-state index in [0.29, 0.717) is 0 Å². The molecule has 0 atom stereocenters. The van der Waals surface area contributed by atoms with E-state index in [4.69, 9.17) is 4.74 Å². The van der Waals surface area contributed by atoms with Crippen molar-refractivity contribution in [2.75, 3.05) is 0 Å². The van der Waals surface area contributed by atoms with Crippen LogP contribution in [0.15, 0.2) is 47.7 Å². The molecule has 2 nitrogen and oxygen atoms in total. The number of aliphatic imine (C=N–C) groups is 1. The molecule has 0 aliphatic carbocycles. The monoisotopic (exact) mass is 201 g/mol. The maximum Gasteiger partial charge on any atom is 0.194 e. The number of ether oxygens (including phenoxy) is 1. The molecule has 0 spiro atoms. The van der Waals surface area contributed by atoms with Crippen molar-refractivity contribution < 1.29 is 4.74 Å². The highest BCUT2D eigenvalue weighted by atomic mass is 16.5. The first kappa shape index (κ1) is 9.97. The molecule has 2 rings (SSSR count). The third kappa shape index (κ3) is 2.69. The third-order valence-corrected chi connectivity index (χ3v) is 2.29. The summed E-state index contributed by atoms with van der Waals surface area (Å²) in [5.41, 5.74) is 1.09. The van der Waals surface area contributed by atoms with Crippen molar-refractivity contribution in [3.05, 3.63) is 48.2 Å². The maximum atomic E-state index is 5.39. The minimum atomic E-state index is -0.137. The van der Waals surface area contributed by atoms with Gasteiger partial charge in [-0.3, -0.25) is 0 Å². The van der Waals surface area contributed by atoms with Crippen molar-refractivity contribution in [3.63, 3.8) is 0 Å². The van der Waals surface area contributed by atoms with Crippen LogP contribution in [0.2, 0.25) is 0 Å². The highest BCUT2D eigenvalue weighted by Crippen LogP contribution is 2.17. The lowest BCUT2D eigenvalue weighted by atomic mass is 10.1. The van der Waals surface area contributed by atoms with Gasteiger partial charge in [-0.25, -0.2) is 4.99 Å². The molecule has 0 amide bonds. The Bertz CT molecular complexity index is 390. The average molecular weight is 201 g/mol. The quantitative estimate of drug-likeness (QED) is 0.721. The summed E-state index contributed by atoms with van der Waals surface area (Å²) in [6.45, 7) is 4.13. The van der Waals surface area contributed by atoms with Crippen molar-refractivity contribution in [1.82, 2.24) is 0 Å². The number of benzene rings is 1. The van der Waals surface area contributed by atoms with Crippen LogP contribution in [0, 0.1) is 0 Å². The minimum Gasteiger partial charge on any atom is -0.451 e. The van der Waals surface area contributed by atoms with Crippen LogP contribution in [-0.2, 0) is 11.2 Å². The summed E-state index contributed by atoms with van der Waals surface area (Å²) in [6, 6.07) is 10.2. The first-order valence-electron chi connectivity index (χ1n) is 5.13. The Morgan fingerprint density at radius 2 is 1.93 bits per heavy atom. The lowest BCUT2D eigenvalue weighted by Crippen LogP contribution is -2.22. The Labute approximate surface area is 90.3 Å². The zero-order valence-corrected chi connectivity index (χ0v) is 9.10. The van der Waals surface area contributed by atoms with Crippen LogP contribution in [0.25, 0.3) is 0 Å². The maximum absolute atomic E-state index is 5.39. The van der Waals surface area contributed by atoms with Gasteiger partial charge in [-0.1, -0.05) is 30.3 Å². The molecule has 0 saturated heterocycles. The summed E-state index contributed by atoms with van der Waals surface area (Å²) in [6.07, 6.45) is 4.45. The lowest BCUT2D eigenvalue weighted by molar-refractivity contribution is 0.418. The topological polar surface area (TPSA) is 21.6 Å². The Kier molecular flexibility index (Phi) is 2.58. The van der Waals surface area contributed by atoms with Crippen LogP contribution in [-0.4, -0.2) is 11.4 Å². The zero-order valence-electron chi connectivity index (χ0n) is 9.10. The summed E-state index contributed by atoms with van der Waals surface area (Å²) >= 11 is 0. The first-order valence-corrected chi connectivity index (χ1v) is 5.13. The fourth-order valence-electron chi connectivity index (χ4n) is 1.52. The van der Waals surface area contributed by atoms with E-state index in [9.17, 15) is 0 Å². The van der Waals surface area contributed by atoms with Gasteiger partial charge in [0.1, 0.15) is 0 Å². The van der Waals surface area contributed by atoms with Gasteiger partial charge in [0.25, 0.3) is 0 Å². The standard InChI is InChI=1S/C13H15NO/c1-13(2)8-9-15-12(14-13)10-11-6-4-3-5-7-11/h3-9H,10H2,1-2H3. The summed E-state index contributed by atoms with van der Waals surface area (Å²) in [7, 11) is 0. The molecule has 1 heterocycles. The van der Waals surface area contributed by atoms with Gasteiger partial charge < -0.3 is 4.74 Å². The van der Waals surface area contributed by atoms with Crippen molar-refractivity contribution in [2.45, 2.75) is 25.8 Å². The highest BCUT2D eigenvalue weighted by Gasteiger charge is 2.18. The van der Waals surface area contributed by atoms with Gasteiger partial charge in [-0.2, -0.15) is 0 Å². The van der Waals surface area contributed by atoms with E-state index < -0.39 is 0 Å². The van der Waals surface area contributed by atoms with Crippen LogP contribution < -0.4 is 0 Å². The highest BCUT2D eigenvalue weighted by molar-refractivity contribution is 5.80. The van der Waals surface area contributed by atoms with Gasteiger partial charge in [0.15, 0.2) is 5.90 Å². The molecule has 0 unspecified atom stereocenters. The van der Waals surface area contributed by atoms with Gasteiger partial charge in [-0.15, -0.1) is 0 Å².